The van der Waals surface area contributed by atoms with Crippen LogP contribution in [-0.2, 0) is 40.7 Å². The Bertz CT molecular complexity index is 3550. The molecule has 1 unspecified atom stereocenters. The molecule has 0 radical (unpaired) electrons. The Labute approximate surface area is 499 Å². The van der Waals surface area contributed by atoms with Crippen LogP contribution >= 0.6 is 0 Å². The lowest BCUT2D eigenvalue weighted by Gasteiger charge is -2.44. The van der Waals surface area contributed by atoms with Crippen molar-refractivity contribution >= 4 is 19.7 Å². The predicted octanol–water partition coefficient (Wildman–Crippen LogP) is 5.66. The van der Waals surface area contributed by atoms with Gasteiger partial charge in [-0.2, -0.15) is 0 Å². The van der Waals surface area contributed by atoms with Gasteiger partial charge in [-0.15, -0.1) is 20.4 Å². The Kier molecular flexibility index (Phi) is 19.5. The molecule has 8 aromatic rings. The first kappa shape index (κ1) is 62.3. The van der Waals surface area contributed by atoms with Crippen LogP contribution in [0.4, 0.5) is 0 Å². The summed E-state index contributed by atoms with van der Waals surface area (Å²) in [5.74, 6) is 3.40. The molecule has 2 aromatic carbocycles. The molecule has 0 spiro atoms. The summed E-state index contributed by atoms with van der Waals surface area (Å²) in [5, 5.41) is 15.7. The number of methoxy groups -OCH3 is 8. The molecule has 0 bridgehead atoms. The molecule has 28 heteroatoms. The molecular formula is C58H70N14O12S2. The highest BCUT2D eigenvalue weighted by Gasteiger charge is 2.45. The maximum absolute atomic E-state index is 14.2. The molecule has 0 N–H and O–H groups in total. The van der Waals surface area contributed by atoms with Crippen LogP contribution in [0.25, 0.3) is 34.4 Å². The molecule has 456 valence electrons. The summed E-state index contributed by atoms with van der Waals surface area (Å²) in [6.07, 6.45) is 6.81. The molecule has 4 atom stereocenters. The monoisotopic (exact) mass is 1220 g/mol. The van der Waals surface area contributed by atoms with E-state index in [0.29, 0.717) is 107 Å². The molecule has 10 rings (SSSR count). The fraction of sp³-hybridized carbons (Fsp3) is 0.414. The number of pyridine rings is 2. The summed E-state index contributed by atoms with van der Waals surface area (Å²) in [6, 6.07) is 19.8. The molecule has 2 aliphatic rings. The van der Waals surface area contributed by atoms with Gasteiger partial charge in [-0.1, -0.05) is 24.3 Å². The first-order valence-corrected chi connectivity index (χ1v) is 30.7. The number of benzene rings is 2. The molecular weight excluding hydrogens is 1150 g/mol. The van der Waals surface area contributed by atoms with Gasteiger partial charge < -0.3 is 37.9 Å². The van der Waals surface area contributed by atoms with Crippen molar-refractivity contribution < 1.29 is 54.7 Å². The van der Waals surface area contributed by atoms with Gasteiger partial charge in [-0.3, -0.25) is 18.9 Å². The van der Waals surface area contributed by atoms with Gasteiger partial charge in [0.25, 0.3) is 0 Å². The zero-order valence-corrected chi connectivity index (χ0v) is 51.6. The van der Waals surface area contributed by atoms with Crippen LogP contribution in [0, 0.1) is 13.8 Å². The molecule has 2 fully saturated rings. The Hall–Kier alpha value is -8.28. The second kappa shape index (κ2) is 27.0. The van der Waals surface area contributed by atoms with Crippen molar-refractivity contribution in [1.82, 2.24) is 69.2 Å². The minimum atomic E-state index is -3.88. The minimum Gasteiger partial charge on any atom is -0.494 e. The first-order chi connectivity index (χ1) is 41.4. The predicted molar refractivity (Wildman–Crippen MR) is 316 cm³/mol. The van der Waals surface area contributed by atoms with Crippen LogP contribution in [0.5, 0.6) is 34.8 Å². The van der Waals surface area contributed by atoms with Gasteiger partial charge in [0, 0.05) is 77.3 Å². The van der Waals surface area contributed by atoms with Crippen LogP contribution in [0.2, 0.25) is 0 Å². The molecule has 8 heterocycles. The van der Waals surface area contributed by atoms with Crippen LogP contribution in [0.3, 0.4) is 0 Å². The van der Waals surface area contributed by atoms with E-state index in [2.05, 4.69) is 50.3 Å². The number of sulfone groups is 2. The lowest BCUT2D eigenvalue weighted by molar-refractivity contribution is -0.0531. The summed E-state index contributed by atoms with van der Waals surface area (Å²) in [5.41, 5.74) is 3.50. The maximum atomic E-state index is 14.2. The average Bonchev–Trinajstić information content (AvgIpc) is 1.55. The van der Waals surface area contributed by atoms with E-state index in [0.717, 1.165) is 11.1 Å². The topological polar surface area (TPSA) is 287 Å². The summed E-state index contributed by atoms with van der Waals surface area (Å²) >= 11 is 0. The fourth-order valence-corrected chi connectivity index (χ4v) is 13.2. The molecule has 0 saturated carbocycles. The van der Waals surface area contributed by atoms with E-state index in [1.54, 1.807) is 135 Å². The largest absolute Gasteiger partial charge is 0.494 e. The zero-order valence-electron chi connectivity index (χ0n) is 49.9. The summed E-state index contributed by atoms with van der Waals surface area (Å²) in [7, 11) is 4.66. The summed E-state index contributed by atoms with van der Waals surface area (Å²) in [4.78, 5) is 31.1. The number of hydrogen-bond donors (Lipinski definition) is 0. The Morgan fingerprint density at radius 2 is 0.791 bits per heavy atom. The minimum absolute atomic E-state index is 0.0156. The number of ether oxygens (including phenoxy) is 8. The van der Waals surface area contributed by atoms with Crippen LogP contribution in [0.1, 0.15) is 60.4 Å². The number of nitrogens with zero attached hydrogens (tertiary/aromatic N) is 14. The number of likely N-dealkylation sites (tertiary alicyclic amines) is 2. The number of hydrogen-bond acceptors (Lipinski definition) is 24. The van der Waals surface area contributed by atoms with Crippen LogP contribution < -0.4 is 28.4 Å². The number of aromatic nitrogens is 12. The van der Waals surface area contributed by atoms with E-state index in [1.165, 1.54) is 42.7 Å². The number of aryl methyl sites for hydroxylation is 2. The van der Waals surface area contributed by atoms with Crippen molar-refractivity contribution in [2.75, 3.05) is 83.1 Å². The van der Waals surface area contributed by atoms with E-state index in [1.807, 2.05) is 23.6 Å². The van der Waals surface area contributed by atoms with Gasteiger partial charge in [0.1, 0.15) is 68.9 Å². The molecule has 86 heavy (non-hydrogen) atoms. The fourth-order valence-electron chi connectivity index (χ4n) is 10.2. The quantitative estimate of drug-likeness (QED) is 0.0705. The normalized spacial score (nSPS) is 15.5. The van der Waals surface area contributed by atoms with Gasteiger partial charge in [0.2, 0.25) is 11.8 Å². The van der Waals surface area contributed by atoms with E-state index in [9.17, 15) is 16.8 Å². The Morgan fingerprint density at radius 1 is 0.465 bits per heavy atom. The highest BCUT2D eigenvalue weighted by atomic mass is 32.2. The number of para-hydroxylation sites is 2. The van der Waals surface area contributed by atoms with Crippen LogP contribution in [0.15, 0.2) is 97.6 Å². The molecule has 0 amide bonds. The smallest absolute Gasteiger partial charge is 0.213 e. The van der Waals surface area contributed by atoms with Crippen LogP contribution in [-0.4, -0.2) is 192 Å². The number of rotatable bonds is 24. The second-order valence-corrected chi connectivity index (χ2v) is 25.2. The van der Waals surface area contributed by atoms with Gasteiger partial charge in [0.15, 0.2) is 43.0 Å². The van der Waals surface area contributed by atoms with Gasteiger partial charge in [0.05, 0.1) is 77.5 Å². The van der Waals surface area contributed by atoms with E-state index in [-0.39, 0.29) is 23.9 Å². The van der Waals surface area contributed by atoms with Crippen molar-refractivity contribution in [3.05, 3.63) is 132 Å². The van der Waals surface area contributed by atoms with Crippen molar-refractivity contribution in [3.8, 4) is 69.2 Å². The van der Waals surface area contributed by atoms with Gasteiger partial charge in [-0.25, -0.2) is 46.7 Å². The third-order valence-corrected chi connectivity index (χ3v) is 19.2. The average molecular weight is 1220 g/mol. The lowest BCUT2D eigenvalue weighted by atomic mass is 10.0. The summed E-state index contributed by atoms with van der Waals surface area (Å²) < 4.78 is 104. The van der Waals surface area contributed by atoms with Crippen molar-refractivity contribution in [2.24, 2.45) is 0 Å². The zero-order chi connectivity index (χ0) is 61.5. The summed E-state index contributed by atoms with van der Waals surface area (Å²) in [6.45, 7) is 9.40. The Morgan fingerprint density at radius 3 is 1.09 bits per heavy atom. The Balaban J connectivity index is 0.000000205. The standard InChI is InChI=1S/2C29H35N7O6S/c2*1-18-13-30-28(31-14-18)26(35-15-20(16-35)39-3)19(2)43(37,38)17-24-33-34-29(21-9-7-12-25(32-21)42-6)36(24)27-22(40-4)10-8-11-23(27)41-5/h2*7-14,19-20,26H,15-17H2,1-6H3/t19-,26?;19-,26-/m10/s1. The van der Waals surface area contributed by atoms with Gasteiger partial charge in [-0.05, 0) is 75.2 Å². The molecule has 0 aliphatic carbocycles. The molecule has 26 nitrogen and oxygen atoms in total. The van der Waals surface area contributed by atoms with Crippen molar-refractivity contribution in [1.29, 1.82) is 0 Å². The second-order valence-electron chi connectivity index (χ2n) is 20.5. The highest BCUT2D eigenvalue weighted by molar-refractivity contribution is 7.91. The van der Waals surface area contributed by atoms with Crippen molar-refractivity contribution in [3.63, 3.8) is 0 Å². The van der Waals surface area contributed by atoms with E-state index in [4.69, 9.17) is 37.9 Å². The molecule has 6 aromatic heterocycles. The highest BCUT2D eigenvalue weighted by Crippen LogP contribution is 2.41. The SMILES string of the molecule is COc1cccc(-c2nnc(CS(=O)(=O)[C@@H](C)[C@@H](c3ncc(C)cn3)N3CC(OC)C3)n2-c2c(OC)cccc2OC)n1.COc1cccc(-c2nnc(CS(=O)(=O)[C@H](C)C(c3ncc(C)cn3)N3CC(OC)C3)n2-c2c(OC)cccc2OC)n1. The third kappa shape index (κ3) is 13.1. The van der Waals surface area contributed by atoms with E-state index < -0.39 is 53.8 Å². The molecule has 2 saturated heterocycles. The lowest BCUT2D eigenvalue weighted by Crippen LogP contribution is -2.56. The molecule has 2 aliphatic heterocycles. The van der Waals surface area contributed by atoms with Crippen molar-refractivity contribution in [2.45, 2.75) is 74.0 Å². The van der Waals surface area contributed by atoms with Gasteiger partial charge >= 0.3 is 0 Å². The van der Waals surface area contributed by atoms with E-state index >= 15 is 0 Å². The third-order valence-electron chi connectivity index (χ3n) is 15.1. The maximum Gasteiger partial charge on any atom is 0.213 e. The first-order valence-electron chi connectivity index (χ1n) is 27.3.